The van der Waals surface area contributed by atoms with Crippen molar-refractivity contribution < 1.29 is 0 Å². The molecule has 4 nitrogen and oxygen atoms in total. The van der Waals surface area contributed by atoms with Crippen LogP contribution in [0.3, 0.4) is 0 Å². The molecule has 0 saturated heterocycles. The van der Waals surface area contributed by atoms with Crippen LogP contribution in [0.2, 0.25) is 0 Å². The highest BCUT2D eigenvalue weighted by Crippen LogP contribution is 2.26. The first kappa shape index (κ1) is 10.2. The van der Waals surface area contributed by atoms with Gasteiger partial charge in [0.15, 0.2) is 5.96 Å². The van der Waals surface area contributed by atoms with E-state index in [1.807, 2.05) is 17.9 Å². The summed E-state index contributed by atoms with van der Waals surface area (Å²) in [4.78, 5) is 10.7. The van der Waals surface area contributed by atoms with E-state index in [1.165, 1.54) is 0 Å². The highest BCUT2D eigenvalue weighted by Gasteiger charge is 2.27. The number of hydrogen-bond donors (Lipinski definition) is 1. The minimum absolute atomic E-state index is 0.188. The number of rotatable bonds is 3. The van der Waals surface area contributed by atoms with E-state index >= 15 is 0 Å². The summed E-state index contributed by atoms with van der Waals surface area (Å²) in [6.07, 6.45) is 1.83. The molecule has 0 bridgehead atoms. The van der Waals surface area contributed by atoms with Crippen molar-refractivity contribution in [2.45, 2.75) is 13.0 Å². The van der Waals surface area contributed by atoms with Crippen LogP contribution in [-0.4, -0.2) is 28.9 Å². The smallest absolute Gasteiger partial charge is 0.192 e. The largest absolute Gasteiger partial charge is 0.370 e. The third-order valence-electron chi connectivity index (χ3n) is 2.40. The summed E-state index contributed by atoms with van der Waals surface area (Å²) in [5, 5.41) is 3.15. The van der Waals surface area contributed by atoms with Gasteiger partial charge in [-0.15, -0.1) is 17.9 Å². The molecular weight excluding hydrogens is 208 g/mol. The van der Waals surface area contributed by atoms with Crippen LogP contribution in [0.1, 0.15) is 16.7 Å². The summed E-state index contributed by atoms with van der Waals surface area (Å²) < 4.78 is 0. The average Bonchev–Trinajstić information content (AvgIpc) is 2.76. The van der Waals surface area contributed by atoms with Crippen LogP contribution in [0.5, 0.6) is 0 Å². The first-order valence-electron chi connectivity index (χ1n) is 4.82. The topological polar surface area (TPSA) is 54.5 Å². The Balaban J connectivity index is 2.20. The molecule has 15 heavy (non-hydrogen) atoms. The van der Waals surface area contributed by atoms with Gasteiger partial charge in [-0.05, 0) is 6.92 Å². The zero-order chi connectivity index (χ0) is 10.8. The Morgan fingerprint density at radius 1 is 1.80 bits per heavy atom. The average molecular weight is 222 g/mol. The van der Waals surface area contributed by atoms with Crippen molar-refractivity contribution in [3.8, 4) is 0 Å². The van der Waals surface area contributed by atoms with Gasteiger partial charge in [0.1, 0.15) is 0 Å². The van der Waals surface area contributed by atoms with E-state index in [4.69, 9.17) is 5.73 Å². The molecule has 1 aliphatic heterocycles. The molecule has 2 heterocycles. The fourth-order valence-corrected chi connectivity index (χ4v) is 2.33. The Hall–Kier alpha value is -1.36. The number of guanidine groups is 1. The van der Waals surface area contributed by atoms with E-state index in [9.17, 15) is 0 Å². The van der Waals surface area contributed by atoms with Crippen molar-refractivity contribution in [3.63, 3.8) is 0 Å². The third kappa shape index (κ3) is 1.87. The van der Waals surface area contributed by atoms with Crippen molar-refractivity contribution >= 4 is 17.3 Å². The molecule has 0 spiro atoms. The van der Waals surface area contributed by atoms with Crippen LogP contribution in [0.15, 0.2) is 23.0 Å². The number of hydrogen-bond acceptors (Lipinski definition) is 5. The molecule has 80 valence electrons. The normalized spacial score (nSPS) is 20.5. The van der Waals surface area contributed by atoms with E-state index in [2.05, 4.69) is 21.9 Å². The van der Waals surface area contributed by atoms with Gasteiger partial charge in [0.05, 0.1) is 23.3 Å². The van der Waals surface area contributed by atoms with Crippen LogP contribution in [0.4, 0.5) is 0 Å². The molecule has 1 aromatic rings. The minimum atomic E-state index is 0.188. The Bertz CT molecular complexity index is 396. The number of aliphatic imine (C=N–C) groups is 1. The molecule has 5 heteroatoms. The molecule has 2 rings (SSSR count). The van der Waals surface area contributed by atoms with Crippen LogP contribution in [-0.2, 0) is 0 Å². The monoisotopic (exact) mass is 222 g/mol. The molecule has 2 N–H and O–H groups in total. The van der Waals surface area contributed by atoms with Crippen molar-refractivity contribution in [1.82, 2.24) is 9.88 Å². The quantitative estimate of drug-likeness (QED) is 0.784. The van der Waals surface area contributed by atoms with E-state index in [1.54, 1.807) is 11.3 Å². The highest BCUT2D eigenvalue weighted by atomic mass is 32.1. The summed E-state index contributed by atoms with van der Waals surface area (Å²) in [6, 6.07) is 0.188. The van der Waals surface area contributed by atoms with Crippen molar-refractivity contribution in [2.24, 2.45) is 10.7 Å². The van der Waals surface area contributed by atoms with Crippen molar-refractivity contribution in [1.29, 1.82) is 0 Å². The summed E-state index contributed by atoms with van der Waals surface area (Å²) >= 11 is 1.66. The van der Waals surface area contributed by atoms with Crippen molar-refractivity contribution in [2.75, 3.05) is 13.1 Å². The Labute approximate surface area is 93.1 Å². The number of nitrogens with two attached hydrogens (primary N) is 1. The second-order valence-corrected chi connectivity index (χ2v) is 4.51. The molecule has 0 amide bonds. The maximum absolute atomic E-state index is 5.80. The van der Waals surface area contributed by atoms with E-state index in [0.717, 1.165) is 17.2 Å². The Kier molecular flexibility index (Phi) is 2.73. The second-order valence-electron chi connectivity index (χ2n) is 3.45. The maximum atomic E-state index is 5.80. The summed E-state index contributed by atoms with van der Waals surface area (Å²) in [7, 11) is 0. The second kappa shape index (κ2) is 4.02. The lowest BCUT2D eigenvalue weighted by molar-refractivity contribution is 0.374. The summed E-state index contributed by atoms with van der Waals surface area (Å²) in [5.74, 6) is 0.588. The molecule has 1 aromatic heterocycles. The molecule has 1 atom stereocenters. The van der Waals surface area contributed by atoms with Gasteiger partial charge in [0.2, 0.25) is 0 Å². The standard InChI is InChI=1S/C10H14N4S/c1-3-4-14-9(5-12-10(14)11)8-6-15-7(2)13-8/h3,6,9H,1,4-5H2,2H3,(H2,11,12). The molecule has 1 unspecified atom stereocenters. The van der Waals surface area contributed by atoms with E-state index in [-0.39, 0.29) is 6.04 Å². The predicted molar refractivity (Wildman–Crippen MR) is 63.0 cm³/mol. The first-order chi connectivity index (χ1) is 7.22. The lowest BCUT2D eigenvalue weighted by Gasteiger charge is -2.23. The van der Waals surface area contributed by atoms with Gasteiger partial charge in [0.25, 0.3) is 0 Å². The maximum Gasteiger partial charge on any atom is 0.192 e. The minimum Gasteiger partial charge on any atom is -0.370 e. The Morgan fingerprint density at radius 3 is 3.20 bits per heavy atom. The molecule has 1 aliphatic rings. The van der Waals surface area contributed by atoms with Crippen LogP contribution >= 0.6 is 11.3 Å². The Morgan fingerprint density at radius 2 is 2.60 bits per heavy atom. The number of thiazole rings is 1. The summed E-state index contributed by atoms with van der Waals surface area (Å²) in [5.41, 5.74) is 6.86. The molecular formula is C10H14N4S. The fraction of sp³-hybridized carbons (Fsp3) is 0.400. The lowest BCUT2D eigenvalue weighted by Crippen LogP contribution is -2.36. The summed E-state index contributed by atoms with van der Waals surface area (Å²) in [6.45, 7) is 7.14. The van der Waals surface area contributed by atoms with E-state index < -0.39 is 0 Å². The van der Waals surface area contributed by atoms with E-state index in [0.29, 0.717) is 12.5 Å². The first-order valence-corrected chi connectivity index (χ1v) is 5.70. The van der Waals surface area contributed by atoms with Crippen LogP contribution in [0.25, 0.3) is 0 Å². The molecule has 0 saturated carbocycles. The molecule has 0 radical (unpaired) electrons. The fourth-order valence-electron chi connectivity index (χ4n) is 1.68. The van der Waals surface area contributed by atoms with Crippen LogP contribution in [0, 0.1) is 6.92 Å². The van der Waals surface area contributed by atoms with Gasteiger partial charge < -0.3 is 10.6 Å². The third-order valence-corrected chi connectivity index (χ3v) is 3.19. The number of aryl methyl sites for hydroxylation is 1. The lowest BCUT2D eigenvalue weighted by atomic mass is 10.2. The van der Waals surface area contributed by atoms with Gasteiger partial charge in [-0.2, -0.15) is 0 Å². The SMILES string of the molecule is C=CCN1C(N)=NCC1c1csc(C)n1. The van der Waals surface area contributed by atoms with Gasteiger partial charge in [-0.1, -0.05) is 6.08 Å². The van der Waals surface area contributed by atoms with Gasteiger partial charge in [-0.3, -0.25) is 4.99 Å². The molecule has 0 aliphatic carbocycles. The van der Waals surface area contributed by atoms with Crippen molar-refractivity contribution in [3.05, 3.63) is 28.7 Å². The number of aromatic nitrogens is 1. The van der Waals surface area contributed by atoms with Gasteiger partial charge >= 0.3 is 0 Å². The van der Waals surface area contributed by atoms with Gasteiger partial charge in [-0.25, -0.2) is 4.98 Å². The molecule has 0 aromatic carbocycles. The highest BCUT2D eigenvalue weighted by molar-refractivity contribution is 7.09. The zero-order valence-corrected chi connectivity index (χ0v) is 9.50. The van der Waals surface area contributed by atoms with Gasteiger partial charge in [0, 0.05) is 11.9 Å². The van der Waals surface area contributed by atoms with Crippen LogP contribution < -0.4 is 5.73 Å². The zero-order valence-electron chi connectivity index (χ0n) is 8.68. The molecule has 0 fully saturated rings. The number of nitrogens with zero attached hydrogens (tertiary/aromatic N) is 3. The predicted octanol–water partition coefficient (Wildman–Crippen LogP) is 1.31.